The monoisotopic (exact) mass is 272 g/mol. The van der Waals surface area contributed by atoms with Gasteiger partial charge >= 0.3 is 0 Å². The van der Waals surface area contributed by atoms with Gasteiger partial charge in [0.1, 0.15) is 5.52 Å². The van der Waals surface area contributed by atoms with Gasteiger partial charge < -0.3 is 5.73 Å². The highest BCUT2D eigenvalue weighted by atomic mass is 32.1. The molecule has 8 heteroatoms. The van der Waals surface area contributed by atoms with Crippen LogP contribution in [0.3, 0.4) is 0 Å². The van der Waals surface area contributed by atoms with Crippen LogP contribution in [0.1, 0.15) is 10.4 Å². The van der Waals surface area contributed by atoms with E-state index in [-0.39, 0.29) is 5.91 Å². The molecule has 0 saturated carbocycles. The van der Waals surface area contributed by atoms with Crippen molar-refractivity contribution in [3.63, 3.8) is 0 Å². The van der Waals surface area contributed by atoms with E-state index in [9.17, 15) is 4.79 Å². The minimum Gasteiger partial charge on any atom is -0.374 e. The highest BCUT2D eigenvalue weighted by Crippen LogP contribution is 2.19. The Labute approximate surface area is 111 Å². The molecule has 1 amide bonds. The van der Waals surface area contributed by atoms with E-state index < -0.39 is 0 Å². The van der Waals surface area contributed by atoms with E-state index in [1.54, 1.807) is 30.6 Å². The molecule has 7 nitrogen and oxygen atoms in total. The number of hydrogen-bond acceptors (Lipinski definition) is 7. The van der Waals surface area contributed by atoms with E-state index in [1.807, 2.05) is 0 Å². The van der Waals surface area contributed by atoms with Crippen molar-refractivity contribution in [2.24, 2.45) is 0 Å². The lowest BCUT2D eigenvalue weighted by Gasteiger charge is -2.03. The van der Waals surface area contributed by atoms with Crippen LogP contribution in [-0.2, 0) is 0 Å². The number of hydrogen-bond donors (Lipinski definition) is 2. The minimum atomic E-state index is -0.317. The molecule has 3 rings (SSSR count). The number of fused-ring (bicyclic) bond motifs is 1. The molecule has 0 saturated heterocycles. The maximum atomic E-state index is 12.2. The number of nitrogens with two attached hydrogens (primary N) is 1. The van der Waals surface area contributed by atoms with Crippen molar-refractivity contribution in [2.75, 3.05) is 11.1 Å². The summed E-state index contributed by atoms with van der Waals surface area (Å²) in [6, 6.07) is 5.22. The third kappa shape index (κ3) is 2.20. The average Bonchev–Trinajstić information content (AvgIpc) is 2.83. The van der Waals surface area contributed by atoms with Crippen molar-refractivity contribution in [1.29, 1.82) is 0 Å². The first kappa shape index (κ1) is 11.5. The second kappa shape index (κ2) is 4.58. The maximum Gasteiger partial charge on any atom is 0.259 e. The SMILES string of the molecule is Nc1nnc(NC(=O)c2cccc3nccnc23)s1. The predicted molar refractivity (Wildman–Crippen MR) is 71.8 cm³/mol. The van der Waals surface area contributed by atoms with Crippen LogP contribution in [0, 0.1) is 0 Å². The molecule has 2 heterocycles. The number of para-hydroxylation sites is 1. The number of nitrogen functional groups attached to an aromatic ring is 1. The Hall–Kier alpha value is -2.61. The van der Waals surface area contributed by atoms with Crippen molar-refractivity contribution < 1.29 is 4.79 Å². The second-order valence-electron chi connectivity index (χ2n) is 3.63. The molecule has 19 heavy (non-hydrogen) atoms. The average molecular weight is 272 g/mol. The van der Waals surface area contributed by atoms with Crippen LogP contribution in [0.15, 0.2) is 30.6 Å². The number of nitrogens with zero attached hydrogens (tertiary/aromatic N) is 4. The van der Waals surface area contributed by atoms with Gasteiger partial charge in [0.25, 0.3) is 5.91 Å². The molecule has 3 N–H and O–H groups in total. The summed E-state index contributed by atoms with van der Waals surface area (Å²) >= 11 is 1.10. The maximum absolute atomic E-state index is 12.2. The van der Waals surface area contributed by atoms with Crippen LogP contribution in [0.4, 0.5) is 10.3 Å². The molecular weight excluding hydrogens is 264 g/mol. The van der Waals surface area contributed by atoms with Crippen LogP contribution in [-0.4, -0.2) is 26.1 Å². The van der Waals surface area contributed by atoms with Crippen molar-refractivity contribution in [3.8, 4) is 0 Å². The van der Waals surface area contributed by atoms with Gasteiger partial charge in [0.2, 0.25) is 10.3 Å². The van der Waals surface area contributed by atoms with Gasteiger partial charge in [-0.2, -0.15) is 0 Å². The molecule has 0 aliphatic carbocycles. The summed E-state index contributed by atoms with van der Waals surface area (Å²) in [6.45, 7) is 0. The third-order valence-corrected chi connectivity index (χ3v) is 3.07. The molecule has 0 aliphatic rings. The number of benzene rings is 1. The van der Waals surface area contributed by atoms with Gasteiger partial charge in [-0.15, -0.1) is 10.2 Å². The lowest BCUT2D eigenvalue weighted by atomic mass is 10.1. The molecule has 0 spiro atoms. The molecule has 0 radical (unpaired) electrons. The highest BCUT2D eigenvalue weighted by molar-refractivity contribution is 7.19. The number of anilines is 2. The van der Waals surface area contributed by atoms with Gasteiger partial charge in [-0.1, -0.05) is 17.4 Å². The summed E-state index contributed by atoms with van der Waals surface area (Å²) in [7, 11) is 0. The zero-order valence-electron chi connectivity index (χ0n) is 9.57. The molecule has 94 valence electrons. The Bertz CT molecular complexity index is 750. The van der Waals surface area contributed by atoms with E-state index in [1.165, 1.54) is 0 Å². The van der Waals surface area contributed by atoms with Crippen molar-refractivity contribution in [2.45, 2.75) is 0 Å². The zero-order chi connectivity index (χ0) is 13.2. The van der Waals surface area contributed by atoms with Crippen LogP contribution < -0.4 is 11.1 Å². The smallest absolute Gasteiger partial charge is 0.259 e. The summed E-state index contributed by atoms with van der Waals surface area (Å²) < 4.78 is 0. The molecule has 0 aliphatic heterocycles. The summed E-state index contributed by atoms with van der Waals surface area (Å²) in [5, 5.41) is 10.6. The Morgan fingerprint density at radius 3 is 2.84 bits per heavy atom. The zero-order valence-corrected chi connectivity index (χ0v) is 10.4. The number of aromatic nitrogens is 4. The summed E-state index contributed by atoms with van der Waals surface area (Å²) in [6.07, 6.45) is 3.12. The topological polar surface area (TPSA) is 107 Å². The number of nitrogens with one attached hydrogen (secondary N) is 1. The number of amides is 1. The first-order chi connectivity index (χ1) is 9.24. The summed E-state index contributed by atoms with van der Waals surface area (Å²) in [5.41, 5.74) is 7.09. The van der Waals surface area contributed by atoms with Crippen molar-refractivity contribution in [3.05, 3.63) is 36.2 Å². The number of carbonyl (C=O) groups excluding carboxylic acids is 1. The van der Waals surface area contributed by atoms with Crippen LogP contribution in [0.25, 0.3) is 11.0 Å². The lowest BCUT2D eigenvalue weighted by Crippen LogP contribution is -2.12. The number of carbonyl (C=O) groups is 1. The van der Waals surface area contributed by atoms with Gasteiger partial charge in [0, 0.05) is 12.4 Å². The predicted octanol–water partition coefficient (Wildman–Crippen LogP) is 1.32. The van der Waals surface area contributed by atoms with E-state index in [4.69, 9.17) is 5.73 Å². The fourth-order valence-corrected chi connectivity index (χ4v) is 2.13. The summed E-state index contributed by atoms with van der Waals surface area (Å²) in [4.78, 5) is 20.5. The lowest BCUT2D eigenvalue weighted by molar-refractivity contribution is 0.102. The van der Waals surface area contributed by atoms with Gasteiger partial charge in [-0.25, -0.2) is 0 Å². The normalized spacial score (nSPS) is 10.5. The molecule has 3 aromatic rings. The van der Waals surface area contributed by atoms with Crippen LogP contribution in [0.5, 0.6) is 0 Å². The van der Waals surface area contributed by atoms with Gasteiger partial charge in [0.15, 0.2) is 0 Å². The second-order valence-corrected chi connectivity index (χ2v) is 4.64. The third-order valence-electron chi connectivity index (χ3n) is 2.40. The van der Waals surface area contributed by atoms with E-state index in [0.717, 1.165) is 11.3 Å². The Kier molecular flexibility index (Phi) is 2.76. The Morgan fingerprint density at radius 2 is 2.05 bits per heavy atom. The summed E-state index contributed by atoms with van der Waals surface area (Å²) in [5.74, 6) is -0.317. The van der Waals surface area contributed by atoms with Crippen molar-refractivity contribution in [1.82, 2.24) is 20.2 Å². The fraction of sp³-hybridized carbons (Fsp3) is 0. The largest absolute Gasteiger partial charge is 0.374 e. The molecule has 0 atom stereocenters. The Morgan fingerprint density at radius 1 is 1.21 bits per heavy atom. The Balaban J connectivity index is 1.97. The molecular formula is C11H8N6OS. The van der Waals surface area contributed by atoms with E-state index >= 15 is 0 Å². The fourth-order valence-electron chi connectivity index (χ4n) is 1.63. The standard InChI is InChI=1S/C11H8N6OS/c12-10-16-17-11(19-10)15-9(18)6-2-1-3-7-8(6)14-5-4-13-7/h1-5H,(H2,12,16)(H,15,17,18). The first-order valence-corrected chi connectivity index (χ1v) is 6.16. The van der Waals surface area contributed by atoms with Gasteiger partial charge in [-0.05, 0) is 12.1 Å². The van der Waals surface area contributed by atoms with Gasteiger partial charge in [-0.3, -0.25) is 20.1 Å². The molecule has 0 unspecified atom stereocenters. The van der Waals surface area contributed by atoms with Crippen LogP contribution in [0.2, 0.25) is 0 Å². The first-order valence-electron chi connectivity index (χ1n) is 5.34. The molecule has 2 aromatic heterocycles. The van der Waals surface area contributed by atoms with Gasteiger partial charge in [0.05, 0.1) is 11.1 Å². The van der Waals surface area contributed by atoms with Crippen LogP contribution >= 0.6 is 11.3 Å². The highest BCUT2D eigenvalue weighted by Gasteiger charge is 2.13. The number of rotatable bonds is 2. The van der Waals surface area contributed by atoms with E-state index in [2.05, 4.69) is 25.5 Å². The quantitative estimate of drug-likeness (QED) is 0.728. The van der Waals surface area contributed by atoms with E-state index in [0.29, 0.717) is 26.9 Å². The molecule has 1 aromatic carbocycles. The minimum absolute atomic E-state index is 0.299. The molecule has 0 fully saturated rings. The van der Waals surface area contributed by atoms with Crippen molar-refractivity contribution >= 4 is 38.5 Å². The molecule has 0 bridgehead atoms.